The number of nitriles is 1. The average Bonchev–Trinajstić information content (AvgIpc) is 2.97. The van der Waals surface area contributed by atoms with Gasteiger partial charge in [-0.3, -0.25) is 23.9 Å². The fourth-order valence-corrected chi connectivity index (χ4v) is 4.53. The van der Waals surface area contributed by atoms with Gasteiger partial charge < -0.3 is 5.11 Å². The molecule has 31 heavy (non-hydrogen) atoms. The molecule has 1 fully saturated rings. The van der Waals surface area contributed by atoms with Gasteiger partial charge in [0.25, 0.3) is 11.5 Å². The lowest BCUT2D eigenvalue weighted by Crippen LogP contribution is -2.35. The highest BCUT2D eigenvalue weighted by Crippen LogP contribution is 2.33. The van der Waals surface area contributed by atoms with E-state index >= 15 is 0 Å². The second-order valence-corrected chi connectivity index (χ2v) is 8.71. The van der Waals surface area contributed by atoms with Crippen LogP contribution in [-0.4, -0.2) is 37.1 Å². The monoisotopic (exact) mass is 473 g/mol. The van der Waals surface area contributed by atoms with Crippen LogP contribution in [0, 0.1) is 18.3 Å². The summed E-state index contributed by atoms with van der Waals surface area (Å²) in [4.78, 5) is 39.6. The molecule has 0 aliphatic carbocycles. The number of aromatic hydroxyl groups is 1. The minimum absolute atomic E-state index is 0.0712. The summed E-state index contributed by atoms with van der Waals surface area (Å²) in [5, 5.41) is 20.4. The van der Waals surface area contributed by atoms with E-state index in [2.05, 4.69) is 0 Å². The summed E-state index contributed by atoms with van der Waals surface area (Å²) < 4.78 is 1.14. The molecule has 1 aliphatic heterocycles. The Morgan fingerprint density at radius 2 is 1.97 bits per heavy atom. The Hall–Kier alpha value is -2.93. The minimum Gasteiger partial charge on any atom is -0.494 e. The summed E-state index contributed by atoms with van der Waals surface area (Å²) >= 11 is 12.2. The summed E-state index contributed by atoms with van der Waals surface area (Å²) in [7, 11) is 0. The molecule has 10 heteroatoms. The molecule has 2 aromatic rings. The quantitative estimate of drug-likeness (QED) is 0.402. The van der Waals surface area contributed by atoms with Gasteiger partial charge in [0.05, 0.1) is 17.0 Å². The van der Waals surface area contributed by atoms with E-state index in [-0.39, 0.29) is 27.6 Å². The molecule has 7 nitrogen and oxygen atoms in total. The van der Waals surface area contributed by atoms with Gasteiger partial charge in [0.2, 0.25) is 5.88 Å². The van der Waals surface area contributed by atoms with Gasteiger partial charge in [0.1, 0.15) is 16.0 Å². The lowest BCUT2D eigenvalue weighted by molar-refractivity contribution is -0.121. The van der Waals surface area contributed by atoms with Gasteiger partial charge in [0.15, 0.2) is 5.78 Å². The van der Waals surface area contributed by atoms with Crippen molar-refractivity contribution in [2.45, 2.75) is 20.4 Å². The molecule has 1 aliphatic rings. The van der Waals surface area contributed by atoms with Gasteiger partial charge >= 0.3 is 0 Å². The first kappa shape index (κ1) is 22.7. The fraction of sp³-hybridized carbons (Fsp3) is 0.190. The van der Waals surface area contributed by atoms with Crippen LogP contribution in [0.15, 0.2) is 34.0 Å². The number of carbonyl (C=O) groups excluding carboxylic acids is 2. The molecule has 158 valence electrons. The van der Waals surface area contributed by atoms with Crippen molar-refractivity contribution in [1.82, 2.24) is 9.47 Å². The van der Waals surface area contributed by atoms with Crippen LogP contribution in [-0.2, 0) is 11.3 Å². The van der Waals surface area contributed by atoms with E-state index in [0.29, 0.717) is 9.93 Å². The Balaban J connectivity index is 1.93. The van der Waals surface area contributed by atoms with E-state index in [0.717, 1.165) is 26.8 Å². The number of benzene rings is 1. The van der Waals surface area contributed by atoms with Crippen molar-refractivity contribution < 1.29 is 14.7 Å². The Bertz CT molecular complexity index is 1240. The number of hydrogen-bond acceptors (Lipinski definition) is 7. The van der Waals surface area contributed by atoms with Gasteiger partial charge in [-0.25, -0.2) is 0 Å². The van der Waals surface area contributed by atoms with Crippen LogP contribution in [0.3, 0.4) is 0 Å². The molecular weight excluding hydrogens is 458 g/mol. The number of thiocarbonyl (C=S) groups is 1. The molecule has 0 spiro atoms. The zero-order chi connectivity index (χ0) is 22.9. The first-order chi connectivity index (χ1) is 14.7. The molecule has 1 saturated heterocycles. The van der Waals surface area contributed by atoms with E-state index in [9.17, 15) is 24.8 Å². The normalized spacial score (nSPS) is 14.9. The number of ketones is 1. The van der Waals surface area contributed by atoms with E-state index in [1.807, 2.05) is 0 Å². The summed E-state index contributed by atoms with van der Waals surface area (Å²) in [6.07, 6.45) is 1.65. The summed E-state index contributed by atoms with van der Waals surface area (Å²) in [5.74, 6) is -1.60. The van der Waals surface area contributed by atoms with Crippen molar-refractivity contribution in [2.75, 3.05) is 6.54 Å². The molecule has 1 aromatic heterocycles. The SMILES string of the molecule is CCn1c(O)c(C(=O)CN2C(=O)/C(=C/c3ccc(Cl)cc3)SC2=S)c(C)c(C#N)c1=O. The molecule has 2 heterocycles. The molecule has 3 rings (SSSR count). The lowest BCUT2D eigenvalue weighted by atomic mass is 10.0. The van der Waals surface area contributed by atoms with Gasteiger partial charge in [-0.1, -0.05) is 47.7 Å². The molecule has 1 amide bonds. The van der Waals surface area contributed by atoms with Gasteiger partial charge in [-0.2, -0.15) is 5.26 Å². The third kappa shape index (κ3) is 4.28. The van der Waals surface area contributed by atoms with Crippen LogP contribution in [0.2, 0.25) is 5.02 Å². The first-order valence-electron chi connectivity index (χ1n) is 9.10. The van der Waals surface area contributed by atoms with Crippen molar-refractivity contribution in [1.29, 1.82) is 5.26 Å². The number of thioether (sulfide) groups is 1. The maximum atomic E-state index is 13.0. The Morgan fingerprint density at radius 3 is 2.55 bits per heavy atom. The van der Waals surface area contributed by atoms with Crippen LogP contribution < -0.4 is 5.56 Å². The highest BCUT2D eigenvalue weighted by atomic mass is 35.5. The second-order valence-electron chi connectivity index (χ2n) is 6.60. The smallest absolute Gasteiger partial charge is 0.271 e. The van der Waals surface area contributed by atoms with Crippen LogP contribution in [0.4, 0.5) is 0 Å². The predicted molar refractivity (Wildman–Crippen MR) is 123 cm³/mol. The first-order valence-corrected chi connectivity index (χ1v) is 10.7. The highest BCUT2D eigenvalue weighted by molar-refractivity contribution is 8.26. The van der Waals surface area contributed by atoms with Crippen molar-refractivity contribution in [3.05, 3.63) is 66.8 Å². The summed E-state index contributed by atoms with van der Waals surface area (Å²) in [6.45, 7) is 2.67. The molecule has 1 N–H and O–H groups in total. The predicted octanol–water partition coefficient (Wildman–Crippen LogP) is 3.49. The summed E-state index contributed by atoms with van der Waals surface area (Å²) in [6, 6.07) is 8.67. The Labute approximate surface area is 192 Å². The van der Waals surface area contributed by atoms with E-state index < -0.39 is 29.7 Å². The number of aromatic nitrogens is 1. The number of nitrogens with zero attached hydrogens (tertiary/aromatic N) is 3. The second kappa shape index (κ2) is 9.06. The molecule has 0 radical (unpaired) electrons. The van der Waals surface area contributed by atoms with Crippen molar-refractivity contribution >= 4 is 57.7 Å². The Morgan fingerprint density at radius 1 is 1.32 bits per heavy atom. The standard InChI is InChI=1S/C21H16ClN3O4S2/c1-3-24-18(27)14(9-23)11(2)17(20(24)29)15(26)10-25-19(28)16(31-21(25)30)8-12-4-6-13(22)7-5-12/h4-8,29H,3,10H2,1-2H3/b16-8-. The molecule has 1 aromatic carbocycles. The van der Waals surface area contributed by atoms with Crippen molar-refractivity contribution in [3.8, 4) is 11.9 Å². The lowest BCUT2D eigenvalue weighted by Gasteiger charge is -2.17. The topological polar surface area (TPSA) is 103 Å². The molecule has 0 saturated carbocycles. The van der Waals surface area contributed by atoms with E-state index in [1.54, 1.807) is 43.3 Å². The van der Waals surface area contributed by atoms with Crippen LogP contribution >= 0.6 is 35.6 Å². The average molecular weight is 474 g/mol. The number of hydrogen-bond donors (Lipinski definition) is 1. The third-order valence-electron chi connectivity index (χ3n) is 4.74. The molecular formula is C21H16ClN3O4S2. The molecule has 0 bridgehead atoms. The third-order valence-corrected chi connectivity index (χ3v) is 6.37. The maximum Gasteiger partial charge on any atom is 0.271 e. The van der Waals surface area contributed by atoms with Crippen molar-refractivity contribution in [2.24, 2.45) is 0 Å². The fourth-order valence-electron chi connectivity index (χ4n) is 3.15. The van der Waals surface area contributed by atoms with Gasteiger partial charge in [-0.15, -0.1) is 0 Å². The zero-order valence-corrected chi connectivity index (χ0v) is 18.9. The largest absolute Gasteiger partial charge is 0.494 e. The number of Topliss-reactive ketones (excluding diaryl/α,β-unsaturated/α-hetero) is 1. The molecule has 0 unspecified atom stereocenters. The van der Waals surface area contributed by atoms with Crippen LogP contribution in [0.1, 0.15) is 34.0 Å². The number of rotatable bonds is 5. The summed E-state index contributed by atoms with van der Waals surface area (Å²) in [5.41, 5.74) is -0.252. The van der Waals surface area contributed by atoms with Crippen LogP contribution in [0.5, 0.6) is 5.88 Å². The Kier molecular flexibility index (Phi) is 6.65. The highest BCUT2D eigenvalue weighted by Gasteiger charge is 2.35. The van der Waals surface area contributed by atoms with Gasteiger partial charge in [-0.05, 0) is 43.2 Å². The van der Waals surface area contributed by atoms with Crippen molar-refractivity contribution in [3.63, 3.8) is 0 Å². The maximum absolute atomic E-state index is 13.0. The van der Waals surface area contributed by atoms with Crippen LogP contribution in [0.25, 0.3) is 6.08 Å². The molecule has 0 atom stereocenters. The van der Waals surface area contributed by atoms with E-state index in [4.69, 9.17) is 23.8 Å². The zero-order valence-electron chi connectivity index (χ0n) is 16.5. The van der Waals surface area contributed by atoms with Gasteiger partial charge in [0, 0.05) is 11.6 Å². The number of carbonyl (C=O) groups is 2. The number of halogens is 1. The minimum atomic E-state index is -0.673. The number of pyridine rings is 1. The van der Waals surface area contributed by atoms with E-state index in [1.165, 1.54) is 6.92 Å². The number of amides is 1.